The lowest BCUT2D eigenvalue weighted by Crippen LogP contribution is -2.06. The second-order valence-electron chi connectivity index (χ2n) is 4.81. The van der Waals surface area contributed by atoms with Crippen molar-refractivity contribution < 1.29 is 25.5 Å². The minimum absolute atomic E-state index is 0.0290. The van der Waals surface area contributed by atoms with E-state index in [4.69, 9.17) is 0 Å². The monoisotopic (exact) mass is 416 g/mol. The molecule has 0 spiro atoms. The second kappa shape index (κ2) is 4.71. The van der Waals surface area contributed by atoms with Crippen molar-refractivity contribution in [2.75, 3.05) is 0 Å². The lowest BCUT2D eigenvalue weighted by Gasteiger charge is -2.25. The van der Waals surface area contributed by atoms with Gasteiger partial charge in [-0.25, -0.2) is 0 Å². The Hall–Kier alpha value is -1.60. The van der Waals surface area contributed by atoms with Gasteiger partial charge >= 0.3 is 0 Å². The Labute approximate surface area is 136 Å². The quantitative estimate of drug-likeness (QED) is 0.333. The molecule has 5 nitrogen and oxygen atoms in total. The van der Waals surface area contributed by atoms with E-state index in [2.05, 4.69) is 31.9 Å². The molecule has 0 aromatic heterocycles. The van der Waals surface area contributed by atoms with Crippen LogP contribution in [-0.4, -0.2) is 25.5 Å². The minimum Gasteiger partial charge on any atom is -0.506 e. The number of hydrogen-bond acceptors (Lipinski definition) is 5. The topological polar surface area (TPSA) is 101 Å². The largest absolute Gasteiger partial charge is 0.506 e. The van der Waals surface area contributed by atoms with E-state index >= 15 is 0 Å². The van der Waals surface area contributed by atoms with Crippen LogP contribution in [0.15, 0.2) is 15.0 Å². The fourth-order valence-corrected chi connectivity index (χ4v) is 3.73. The van der Waals surface area contributed by atoms with Gasteiger partial charge in [0.2, 0.25) is 0 Å². The fourth-order valence-electron chi connectivity index (χ4n) is 2.65. The van der Waals surface area contributed by atoms with Crippen molar-refractivity contribution >= 4 is 31.9 Å². The van der Waals surface area contributed by atoms with Crippen LogP contribution in [0.3, 0.4) is 0 Å². The van der Waals surface area contributed by atoms with Gasteiger partial charge in [0.1, 0.15) is 10.2 Å². The Morgan fingerprint density at radius 3 is 2.05 bits per heavy atom. The van der Waals surface area contributed by atoms with Gasteiger partial charge in [0.05, 0.1) is 4.47 Å². The molecule has 0 atom stereocenters. The van der Waals surface area contributed by atoms with Gasteiger partial charge < -0.3 is 25.5 Å². The molecule has 0 heterocycles. The summed E-state index contributed by atoms with van der Waals surface area (Å²) in [4.78, 5) is 0. The Kier molecular flexibility index (Phi) is 3.22. The normalized spacial score (nSPS) is 12.9. The highest BCUT2D eigenvalue weighted by molar-refractivity contribution is 9.11. The lowest BCUT2D eigenvalue weighted by atomic mass is 9.84. The molecule has 110 valence electrons. The third kappa shape index (κ3) is 1.87. The van der Waals surface area contributed by atoms with Gasteiger partial charge in [0.25, 0.3) is 0 Å². The maximum absolute atomic E-state index is 10.2. The summed E-state index contributed by atoms with van der Waals surface area (Å²) in [5, 5.41) is 49.8. The van der Waals surface area contributed by atoms with E-state index in [0.29, 0.717) is 29.5 Å². The van der Waals surface area contributed by atoms with Gasteiger partial charge in [-0.15, -0.1) is 0 Å². The molecule has 0 amide bonds. The van der Waals surface area contributed by atoms with Gasteiger partial charge in [0.15, 0.2) is 23.0 Å². The first-order chi connectivity index (χ1) is 9.84. The molecule has 1 aliphatic rings. The van der Waals surface area contributed by atoms with Crippen LogP contribution in [0.4, 0.5) is 0 Å². The maximum Gasteiger partial charge on any atom is 0.176 e. The summed E-state index contributed by atoms with van der Waals surface area (Å²) in [6, 6.07) is 1.41. The van der Waals surface area contributed by atoms with Crippen molar-refractivity contribution in [3.05, 3.63) is 26.1 Å². The Bertz CT molecular complexity index is 786. The second-order valence-corrected chi connectivity index (χ2v) is 6.39. The molecule has 0 aliphatic heterocycles. The molecule has 0 radical (unpaired) electrons. The maximum atomic E-state index is 10.2. The van der Waals surface area contributed by atoms with Crippen LogP contribution >= 0.6 is 31.9 Å². The van der Waals surface area contributed by atoms with Crippen molar-refractivity contribution in [2.45, 2.75) is 12.8 Å². The summed E-state index contributed by atoms with van der Waals surface area (Å²) in [6.45, 7) is 0. The molecule has 1 aliphatic carbocycles. The highest BCUT2D eigenvalue weighted by Gasteiger charge is 2.30. The summed E-state index contributed by atoms with van der Waals surface area (Å²) in [5.74, 6) is -1.64. The highest BCUT2D eigenvalue weighted by Crippen LogP contribution is 2.56. The first-order valence-electron chi connectivity index (χ1n) is 6.03. The molecule has 21 heavy (non-hydrogen) atoms. The molecular weight excluding hydrogens is 408 g/mol. The minimum atomic E-state index is -0.474. The van der Waals surface area contributed by atoms with Gasteiger partial charge in [-0.05, 0) is 56.3 Å². The molecular formula is C14H10Br2O5. The summed E-state index contributed by atoms with van der Waals surface area (Å²) in [5.41, 5.74) is 1.86. The van der Waals surface area contributed by atoms with Crippen molar-refractivity contribution in [3.63, 3.8) is 0 Å². The number of aromatic hydroxyl groups is 5. The van der Waals surface area contributed by atoms with E-state index in [1.807, 2.05) is 0 Å². The van der Waals surface area contributed by atoms with E-state index in [0.717, 1.165) is 0 Å². The zero-order valence-electron chi connectivity index (χ0n) is 10.5. The smallest absolute Gasteiger partial charge is 0.176 e. The molecule has 0 fully saturated rings. The number of fused-ring (bicyclic) bond motifs is 3. The van der Waals surface area contributed by atoms with Crippen molar-refractivity contribution in [2.24, 2.45) is 0 Å². The Balaban J connectivity index is 2.46. The van der Waals surface area contributed by atoms with E-state index in [-0.39, 0.29) is 37.5 Å². The summed E-state index contributed by atoms with van der Waals surface area (Å²) >= 11 is 6.22. The summed E-state index contributed by atoms with van der Waals surface area (Å²) < 4.78 is 0.233. The van der Waals surface area contributed by atoms with Crippen LogP contribution in [0, 0.1) is 0 Å². The van der Waals surface area contributed by atoms with Crippen molar-refractivity contribution in [1.29, 1.82) is 0 Å². The molecule has 7 heteroatoms. The lowest BCUT2D eigenvalue weighted by molar-refractivity contribution is 0.390. The van der Waals surface area contributed by atoms with E-state index in [1.54, 1.807) is 0 Å². The van der Waals surface area contributed by atoms with Crippen LogP contribution in [0.1, 0.15) is 11.1 Å². The number of benzene rings is 2. The Morgan fingerprint density at radius 1 is 0.714 bits per heavy atom. The molecule has 0 saturated carbocycles. The number of phenolic OH excluding ortho intramolecular Hbond substituents is 5. The van der Waals surface area contributed by atoms with Crippen molar-refractivity contribution in [1.82, 2.24) is 0 Å². The first kappa shape index (κ1) is 14.3. The number of rotatable bonds is 0. The average Bonchev–Trinajstić information content (AvgIpc) is 2.47. The van der Waals surface area contributed by atoms with Gasteiger partial charge in [-0.1, -0.05) is 0 Å². The van der Waals surface area contributed by atoms with E-state index < -0.39 is 5.75 Å². The van der Waals surface area contributed by atoms with Gasteiger partial charge in [-0.2, -0.15) is 0 Å². The van der Waals surface area contributed by atoms with E-state index in [9.17, 15) is 25.5 Å². The number of hydrogen-bond donors (Lipinski definition) is 5. The highest BCUT2D eigenvalue weighted by atomic mass is 79.9. The van der Waals surface area contributed by atoms with Crippen LogP contribution in [-0.2, 0) is 12.8 Å². The Morgan fingerprint density at radius 2 is 1.38 bits per heavy atom. The van der Waals surface area contributed by atoms with Crippen molar-refractivity contribution in [3.8, 4) is 39.9 Å². The summed E-state index contributed by atoms with van der Waals surface area (Å²) in [7, 11) is 0. The summed E-state index contributed by atoms with van der Waals surface area (Å²) in [6.07, 6.45) is 0.941. The zero-order valence-corrected chi connectivity index (χ0v) is 13.7. The predicted octanol–water partition coefficient (Wildman–Crippen LogP) is 3.51. The van der Waals surface area contributed by atoms with Gasteiger partial charge in [0, 0.05) is 16.7 Å². The van der Waals surface area contributed by atoms with Crippen LogP contribution in [0.2, 0.25) is 0 Å². The van der Waals surface area contributed by atoms with Crippen LogP contribution < -0.4 is 0 Å². The number of phenols is 5. The average molecular weight is 418 g/mol. The third-order valence-electron chi connectivity index (χ3n) is 3.66. The molecule has 2 aromatic rings. The number of aryl methyl sites for hydroxylation is 1. The SMILES string of the molecule is Oc1cc2c(c(Br)c1O)-c1c(O)c(O)c(Br)c(O)c1CC2. The molecule has 2 aromatic carbocycles. The predicted molar refractivity (Wildman–Crippen MR) is 83.0 cm³/mol. The van der Waals surface area contributed by atoms with Crippen LogP contribution in [0.5, 0.6) is 28.7 Å². The molecule has 0 bridgehead atoms. The van der Waals surface area contributed by atoms with E-state index in [1.165, 1.54) is 6.07 Å². The van der Waals surface area contributed by atoms with Crippen LogP contribution in [0.25, 0.3) is 11.1 Å². The number of halogens is 2. The first-order valence-corrected chi connectivity index (χ1v) is 7.62. The molecule has 5 N–H and O–H groups in total. The van der Waals surface area contributed by atoms with Gasteiger partial charge in [-0.3, -0.25) is 0 Å². The zero-order chi connectivity index (χ0) is 15.5. The molecule has 0 unspecified atom stereocenters. The fraction of sp³-hybridized carbons (Fsp3) is 0.143. The third-order valence-corrected chi connectivity index (χ3v) is 5.18. The molecule has 3 rings (SSSR count). The standard InChI is InChI=1S/C14H10Br2O5/c15-9-7-4(3-6(17)12(9)19)1-2-5-8(7)13(20)14(21)10(16)11(5)18/h3,17-21H,1-2H2. The molecule has 0 saturated heterocycles.